The minimum atomic E-state index is -0.547. The minimum absolute atomic E-state index is 0.120. The van der Waals surface area contributed by atoms with E-state index in [0.717, 1.165) is 4.47 Å². The topological polar surface area (TPSA) is 51.7 Å². The number of hydrogen-bond donors (Lipinski definition) is 0. The summed E-state index contributed by atoms with van der Waals surface area (Å²) in [5, 5.41) is 0. The standard InChI is InChI=1S/C17H16BrFN2O3/c1-23-15-4-2-11(8-14(15)19)17(22)21-7-6-13(10-21)24-16-5-3-12(18)9-20-16/h2-5,8-9,13H,6-7,10H2,1H3. The number of likely N-dealkylation sites (tertiary alicyclic amines) is 1. The van der Waals surface area contributed by atoms with Crippen LogP contribution in [0.5, 0.6) is 11.6 Å². The molecule has 2 heterocycles. The fourth-order valence-electron chi connectivity index (χ4n) is 2.59. The summed E-state index contributed by atoms with van der Waals surface area (Å²) in [6.07, 6.45) is 2.25. The number of hydrogen-bond acceptors (Lipinski definition) is 4. The van der Waals surface area contributed by atoms with Gasteiger partial charge in [0.1, 0.15) is 6.10 Å². The van der Waals surface area contributed by atoms with Crippen molar-refractivity contribution >= 4 is 21.8 Å². The Balaban J connectivity index is 1.63. The third kappa shape index (κ3) is 3.67. The Labute approximate surface area is 147 Å². The summed E-state index contributed by atoms with van der Waals surface area (Å²) in [5.74, 6) is -0.121. The molecular formula is C17H16BrFN2O3. The number of carbonyl (C=O) groups excluding carboxylic acids is 1. The van der Waals surface area contributed by atoms with Crippen LogP contribution in [-0.4, -0.2) is 42.1 Å². The summed E-state index contributed by atoms with van der Waals surface area (Å²) < 4.78 is 25.3. The smallest absolute Gasteiger partial charge is 0.254 e. The molecule has 0 bridgehead atoms. The van der Waals surface area contributed by atoms with Crippen molar-refractivity contribution in [2.45, 2.75) is 12.5 Å². The molecule has 0 N–H and O–H groups in total. The average molecular weight is 395 g/mol. The molecule has 0 saturated carbocycles. The molecule has 1 atom stereocenters. The molecule has 1 aromatic heterocycles. The van der Waals surface area contributed by atoms with Gasteiger partial charge in [-0.3, -0.25) is 4.79 Å². The van der Waals surface area contributed by atoms with Crippen molar-refractivity contribution in [1.29, 1.82) is 0 Å². The van der Waals surface area contributed by atoms with Crippen molar-refractivity contribution < 1.29 is 18.7 Å². The SMILES string of the molecule is COc1ccc(C(=O)N2CCC(Oc3ccc(Br)cn3)C2)cc1F. The van der Waals surface area contributed by atoms with E-state index < -0.39 is 5.82 Å². The van der Waals surface area contributed by atoms with Gasteiger partial charge in [0.15, 0.2) is 11.6 Å². The molecule has 2 aromatic rings. The third-order valence-corrected chi connectivity index (χ3v) is 4.29. The fraction of sp³-hybridized carbons (Fsp3) is 0.294. The first-order chi connectivity index (χ1) is 11.6. The molecule has 5 nitrogen and oxygen atoms in total. The maximum Gasteiger partial charge on any atom is 0.254 e. The van der Waals surface area contributed by atoms with E-state index in [-0.39, 0.29) is 17.8 Å². The molecule has 0 aliphatic carbocycles. The second-order valence-corrected chi connectivity index (χ2v) is 6.36. The maximum absolute atomic E-state index is 13.8. The summed E-state index contributed by atoms with van der Waals surface area (Å²) in [6.45, 7) is 1.01. The average Bonchev–Trinajstić information content (AvgIpc) is 3.04. The Hall–Kier alpha value is -2.15. The maximum atomic E-state index is 13.8. The molecule has 0 spiro atoms. The number of rotatable bonds is 4. The summed E-state index contributed by atoms with van der Waals surface area (Å²) in [5.41, 5.74) is 0.302. The minimum Gasteiger partial charge on any atom is -0.494 e. The van der Waals surface area contributed by atoms with Gasteiger partial charge in [0, 0.05) is 35.3 Å². The van der Waals surface area contributed by atoms with E-state index in [1.54, 1.807) is 23.2 Å². The predicted octanol–water partition coefficient (Wildman–Crippen LogP) is 3.29. The van der Waals surface area contributed by atoms with Crippen LogP contribution in [0.2, 0.25) is 0 Å². The molecule has 1 aromatic carbocycles. The van der Waals surface area contributed by atoms with Crippen molar-refractivity contribution in [2.75, 3.05) is 20.2 Å². The Bertz CT molecular complexity index is 739. The molecule has 126 valence electrons. The van der Waals surface area contributed by atoms with Crippen LogP contribution in [0, 0.1) is 5.82 Å². The molecule has 24 heavy (non-hydrogen) atoms. The fourth-order valence-corrected chi connectivity index (χ4v) is 2.83. The number of nitrogens with zero attached hydrogens (tertiary/aromatic N) is 2. The van der Waals surface area contributed by atoms with E-state index in [4.69, 9.17) is 9.47 Å². The largest absolute Gasteiger partial charge is 0.494 e. The Morgan fingerprint density at radius 3 is 2.88 bits per heavy atom. The molecule has 1 unspecified atom stereocenters. The van der Waals surface area contributed by atoms with Crippen LogP contribution < -0.4 is 9.47 Å². The molecule has 1 aliphatic heterocycles. The van der Waals surface area contributed by atoms with Crippen LogP contribution in [0.25, 0.3) is 0 Å². The van der Waals surface area contributed by atoms with Gasteiger partial charge in [0.05, 0.1) is 13.7 Å². The van der Waals surface area contributed by atoms with Gasteiger partial charge in [-0.2, -0.15) is 0 Å². The van der Waals surface area contributed by atoms with Gasteiger partial charge in [-0.1, -0.05) is 0 Å². The van der Waals surface area contributed by atoms with Gasteiger partial charge >= 0.3 is 0 Å². The molecule has 0 radical (unpaired) electrons. The lowest BCUT2D eigenvalue weighted by Crippen LogP contribution is -2.31. The molecule has 3 rings (SSSR count). The lowest BCUT2D eigenvalue weighted by atomic mass is 10.2. The van der Waals surface area contributed by atoms with Crippen molar-refractivity contribution in [1.82, 2.24) is 9.88 Å². The van der Waals surface area contributed by atoms with Crippen LogP contribution in [0.3, 0.4) is 0 Å². The zero-order valence-corrected chi connectivity index (χ0v) is 14.6. The predicted molar refractivity (Wildman–Crippen MR) is 89.8 cm³/mol. The van der Waals surface area contributed by atoms with E-state index in [0.29, 0.717) is 31.0 Å². The second kappa shape index (κ2) is 7.17. The van der Waals surface area contributed by atoms with Crippen molar-refractivity contribution in [3.63, 3.8) is 0 Å². The highest BCUT2D eigenvalue weighted by atomic mass is 79.9. The molecule has 1 fully saturated rings. The highest BCUT2D eigenvalue weighted by Crippen LogP contribution is 2.22. The highest BCUT2D eigenvalue weighted by molar-refractivity contribution is 9.10. The highest BCUT2D eigenvalue weighted by Gasteiger charge is 2.29. The molecular weight excluding hydrogens is 379 g/mol. The molecule has 1 amide bonds. The Kier molecular flexibility index (Phi) is 4.99. The van der Waals surface area contributed by atoms with E-state index >= 15 is 0 Å². The zero-order chi connectivity index (χ0) is 17.1. The Morgan fingerprint density at radius 1 is 1.38 bits per heavy atom. The monoisotopic (exact) mass is 394 g/mol. The number of ether oxygens (including phenoxy) is 2. The summed E-state index contributed by atoms with van der Waals surface area (Å²) >= 11 is 3.32. The number of halogens is 2. The third-order valence-electron chi connectivity index (χ3n) is 3.82. The number of amides is 1. The van der Waals surface area contributed by atoms with Crippen LogP contribution in [0.4, 0.5) is 4.39 Å². The van der Waals surface area contributed by atoms with Crippen molar-refractivity contribution in [2.24, 2.45) is 0 Å². The van der Waals surface area contributed by atoms with Crippen LogP contribution in [0.1, 0.15) is 16.8 Å². The number of carbonyl (C=O) groups is 1. The van der Waals surface area contributed by atoms with E-state index in [2.05, 4.69) is 20.9 Å². The van der Waals surface area contributed by atoms with E-state index in [9.17, 15) is 9.18 Å². The number of pyridine rings is 1. The normalized spacial score (nSPS) is 17.0. The van der Waals surface area contributed by atoms with Gasteiger partial charge in [-0.15, -0.1) is 0 Å². The summed E-state index contributed by atoms with van der Waals surface area (Å²) in [7, 11) is 1.39. The lowest BCUT2D eigenvalue weighted by molar-refractivity contribution is 0.0770. The van der Waals surface area contributed by atoms with Gasteiger partial charge in [-0.05, 0) is 40.2 Å². The first-order valence-electron chi connectivity index (χ1n) is 7.48. The van der Waals surface area contributed by atoms with Gasteiger partial charge < -0.3 is 14.4 Å². The van der Waals surface area contributed by atoms with Crippen LogP contribution in [0.15, 0.2) is 41.0 Å². The van der Waals surface area contributed by atoms with E-state index in [1.807, 2.05) is 6.07 Å². The first kappa shape index (κ1) is 16.7. The van der Waals surface area contributed by atoms with Crippen LogP contribution in [-0.2, 0) is 0 Å². The molecule has 1 aliphatic rings. The zero-order valence-electron chi connectivity index (χ0n) is 13.0. The number of methoxy groups -OCH3 is 1. The van der Waals surface area contributed by atoms with Crippen molar-refractivity contribution in [3.05, 3.63) is 52.4 Å². The quantitative estimate of drug-likeness (QED) is 0.798. The Morgan fingerprint density at radius 2 is 2.21 bits per heavy atom. The summed E-state index contributed by atoms with van der Waals surface area (Å²) in [6, 6.07) is 7.84. The summed E-state index contributed by atoms with van der Waals surface area (Å²) in [4.78, 5) is 18.3. The van der Waals surface area contributed by atoms with Gasteiger partial charge in [0.25, 0.3) is 5.91 Å². The number of benzene rings is 1. The lowest BCUT2D eigenvalue weighted by Gasteiger charge is -2.17. The molecule has 1 saturated heterocycles. The first-order valence-corrected chi connectivity index (χ1v) is 8.27. The number of aromatic nitrogens is 1. The van der Waals surface area contributed by atoms with Gasteiger partial charge in [0.2, 0.25) is 5.88 Å². The van der Waals surface area contributed by atoms with E-state index in [1.165, 1.54) is 19.2 Å². The van der Waals surface area contributed by atoms with Crippen molar-refractivity contribution in [3.8, 4) is 11.6 Å². The molecule has 7 heteroatoms. The second-order valence-electron chi connectivity index (χ2n) is 5.44. The van der Waals surface area contributed by atoms with Gasteiger partial charge in [-0.25, -0.2) is 9.37 Å². The van der Waals surface area contributed by atoms with Crippen LogP contribution >= 0.6 is 15.9 Å².